The summed E-state index contributed by atoms with van der Waals surface area (Å²) < 4.78 is 10.6. The second-order valence-electron chi connectivity index (χ2n) is 3.56. The van der Waals surface area contributed by atoms with Crippen LogP contribution in [0.25, 0.3) is 0 Å². The van der Waals surface area contributed by atoms with Crippen LogP contribution in [0, 0.1) is 0 Å². The molecule has 17 heavy (non-hydrogen) atoms. The first kappa shape index (κ1) is 10.5. The molecule has 2 heterocycles. The van der Waals surface area contributed by atoms with Crippen LogP contribution in [0.4, 0.5) is 0 Å². The normalized spacial score (nSPS) is 20.1. The Bertz CT molecular complexity index is 513. The van der Waals surface area contributed by atoms with Crippen molar-refractivity contribution in [2.75, 3.05) is 19.6 Å². The minimum Gasteiger partial charge on any atom is -0.454 e. The van der Waals surface area contributed by atoms with Crippen molar-refractivity contribution in [3.05, 3.63) is 23.8 Å². The average molecular weight is 249 g/mol. The SMILES string of the molecule is CN=C1NN=C(c2ccc3c(c2)OCO3)CS1. The highest BCUT2D eigenvalue weighted by molar-refractivity contribution is 8.14. The van der Waals surface area contributed by atoms with Gasteiger partial charge in [0, 0.05) is 18.4 Å². The van der Waals surface area contributed by atoms with Crippen molar-refractivity contribution < 1.29 is 9.47 Å². The van der Waals surface area contributed by atoms with Crippen LogP contribution < -0.4 is 14.9 Å². The Labute approximate surface area is 103 Å². The maximum Gasteiger partial charge on any atom is 0.231 e. The number of thioether (sulfide) groups is 1. The summed E-state index contributed by atoms with van der Waals surface area (Å²) in [7, 11) is 1.75. The molecule has 0 amide bonds. The van der Waals surface area contributed by atoms with Gasteiger partial charge in [0.15, 0.2) is 16.7 Å². The molecule has 0 aliphatic carbocycles. The number of aliphatic imine (C=N–C) groups is 1. The van der Waals surface area contributed by atoms with E-state index in [0.29, 0.717) is 6.79 Å². The molecular formula is C11H11N3O2S. The lowest BCUT2D eigenvalue weighted by Crippen LogP contribution is -2.25. The molecule has 88 valence electrons. The molecule has 0 saturated carbocycles. The lowest BCUT2D eigenvalue weighted by molar-refractivity contribution is 0.174. The summed E-state index contributed by atoms with van der Waals surface area (Å²) in [5, 5.41) is 5.14. The van der Waals surface area contributed by atoms with Gasteiger partial charge in [0.05, 0.1) is 5.71 Å². The van der Waals surface area contributed by atoms with Crippen LogP contribution in [0.5, 0.6) is 11.5 Å². The molecule has 5 nitrogen and oxygen atoms in total. The molecule has 0 saturated heterocycles. The zero-order chi connectivity index (χ0) is 11.7. The highest BCUT2D eigenvalue weighted by atomic mass is 32.2. The van der Waals surface area contributed by atoms with Crippen molar-refractivity contribution in [1.82, 2.24) is 5.43 Å². The monoisotopic (exact) mass is 249 g/mol. The smallest absolute Gasteiger partial charge is 0.231 e. The Balaban J connectivity index is 1.88. The van der Waals surface area contributed by atoms with E-state index in [1.807, 2.05) is 18.2 Å². The van der Waals surface area contributed by atoms with Gasteiger partial charge in [-0.25, -0.2) is 0 Å². The van der Waals surface area contributed by atoms with E-state index >= 15 is 0 Å². The predicted octanol–water partition coefficient (Wildman–Crippen LogP) is 1.44. The van der Waals surface area contributed by atoms with E-state index in [1.165, 1.54) is 0 Å². The van der Waals surface area contributed by atoms with Crippen LogP contribution in [-0.2, 0) is 0 Å². The average Bonchev–Trinajstić information content (AvgIpc) is 2.86. The van der Waals surface area contributed by atoms with Crippen LogP contribution in [-0.4, -0.2) is 30.5 Å². The predicted molar refractivity (Wildman–Crippen MR) is 68.1 cm³/mol. The summed E-state index contributed by atoms with van der Waals surface area (Å²) in [5.41, 5.74) is 4.95. The summed E-state index contributed by atoms with van der Waals surface area (Å²) >= 11 is 1.64. The van der Waals surface area contributed by atoms with Gasteiger partial charge in [-0.15, -0.1) is 0 Å². The Morgan fingerprint density at radius 2 is 2.24 bits per heavy atom. The van der Waals surface area contributed by atoms with E-state index in [1.54, 1.807) is 18.8 Å². The molecule has 1 N–H and O–H groups in total. The third kappa shape index (κ3) is 1.95. The number of fused-ring (bicyclic) bond motifs is 1. The number of hydrogen-bond acceptors (Lipinski definition) is 5. The molecule has 2 aliphatic heterocycles. The zero-order valence-corrected chi connectivity index (χ0v) is 10.1. The number of nitrogens with one attached hydrogen (secondary N) is 1. The van der Waals surface area contributed by atoms with Crippen molar-refractivity contribution in [3.63, 3.8) is 0 Å². The number of benzene rings is 1. The third-order valence-electron chi connectivity index (χ3n) is 2.54. The van der Waals surface area contributed by atoms with Crippen LogP contribution in [0.3, 0.4) is 0 Å². The second kappa shape index (κ2) is 4.29. The molecule has 6 heteroatoms. The van der Waals surface area contributed by atoms with Crippen molar-refractivity contribution >= 4 is 22.6 Å². The summed E-state index contributed by atoms with van der Waals surface area (Å²) in [4.78, 5) is 4.05. The maximum absolute atomic E-state index is 5.34. The van der Waals surface area contributed by atoms with Gasteiger partial charge in [0.25, 0.3) is 0 Å². The van der Waals surface area contributed by atoms with Crippen LogP contribution in [0.15, 0.2) is 28.3 Å². The molecule has 0 spiro atoms. The van der Waals surface area contributed by atoms with E-state index in [0.717, 1.165) is 33.7 Å². The first-order chi connectivity index (χ1) is 8.36. The minimum absolute atomic E-state index is 0.297. The highest BCUT2D eigenvalue weighted by Gasteiger charge is 2.17. The van der Waals surface area contributed by atoms with Gasteiger partial charge in [0.2, 0.25) is 6.79 Å². The third-order valence-corrected chi connectivity index (χ3v) is 3.51. The molecular weight excluding hydrogens is 238 g/mol. The molecule has 0 aromatic heterocycles. The van der Waals surface area contributed by atoms with E-state index < -0.39 is 0 Å². The minimum atomic E-state index is 0.297. The topological polar surface area (TPSA) is 55.2 Å². The van der Waals surface area contributed by atoms with Crippen molar-refractivity contribution in [2.24, 2.45) is 10.1 Å². The van der Waals surface area contributed by atoms with Crippen molar-refractivity contribution in [2.45, 2.75) is 0 Å². The van der Waals surface area contributed by atoms with Crippen molar-refractivity contribution in [1.29, 1.82) is 0 Å². The number of rotatable bonds is 1. The molecule has 0 atom stereocenters. The highest BCUT2D eigenvalue weighted by Crippen LogP contribution is 2.33. The molecule has 3 rings (SSSR count). The second-order valence-corrected chi connectivity index (χ2v) is 4.52. The first-order valence-corrected chi connectivity index (χ1v) is 6.17. The van der Waals surface area contributed by atoms with Gasteiger partial charge >= 0.3 is 0 Å². The number of ether oxygens (including phenoxy) is 2. The maximum atomic E-state index is 5.34. The van der Waals surface area contributed by atoms with Gasteiger partial charge in [-0.1, -0.05) is 11.8 Å². The van der Waals surface area contributed by atoms with Gasteiger partial charge in [0.1, 0.15) is 0 Å². The van der Waals surface area contributed by atoms with Crippen LogP contribution in [0.2, 0.25) is 0 Å². The Morgan fingerprint density at radius 3 is 3.00 bits per heavy atom. The van der Waals surface area contributed by atoms with E-state index in [-0.39, 0.29) is 0 Å². The Kier molecular flexibility index (Phi) is 2.64. The van der Waals surface area contributed by atoms with Gasteiger partial charge in [-0.05, 0) is 18.2 Å². The summed E-state index contributed by atoms with van der Waals surface area (Å²) in [6.07, 6.45) is 0. The molecule has 0 bridgehead atoms. The van der Waals surface area contributed by atoms with Gasteiger partial charge < -0.3 is 9.47 Å². The molecule has 1 aromatic carbocycles. The fourth-order valence-corrected chi connectivity index (χ4v) is 2.40. The first-order valence-electron chi connectivity index (χ1n) is 5.19. The quantitative estimate of drug-likeness (QED) is 0.818. The number of amidine groups is 1. The van der Waals surface area contributed by atoms with Crippen LogP contribution >= 0.6 is 11.8 Å². The summed E-state index contributed by atoms with van der Waals surface area (Å²) in [6.45, 7) is 0.297. The Morgan fingerprint density at radius 1 is 1.35 bits per heavy atom. The van der Waals surface area contributed by atoms with Crippen molar-refractivity contribution in [3.8, 4) is 11.5 Å². The molecule has 0 radical (unpaired) electrons. The Hall–Kier alpha value is -1.69. The fraction of sp³-hybridized carbons (Fsp3) is 0.273. The number of hydrogen-bond donors (Lipinski definition) is 1. The van der Waals surface area contributed by atoms with Gasteiger partial charge in [-0.2, -0.15) is 5.10 Å². The molecule has 0 fully saturated rings. The number of nitrogens with zero attached hydrogens (tertiary/aromatic N) is 2. The van der Waals surface area contributed by atoms with E-state index in [2.05, 4.69) is 15.5 Å². The van der Waals surface area contributed by atoms with E-state index in [9.17, 15) is 0 Å². The summed E-state index contributed by atoms with van der Waals surface area (Å²) in [6, 6.07) is 5.86. The zero-order valence-electron chi connectivity index (χ0n) is 9.27. The fourth-order valence-electron chi connectivity index (χ4n) is 1.66. The molecule has 2 aliphatic rings. The van der Waals surface area contributed by atoms with Crippen LogP contribution in [0.1, 0.15) is 5.56 Å². The lowest BCUT2D eigenvalue weighted by atomic mass is 10.1. The molecule has 1 aromatic rings. The summed E-state index contributed by atoms with van der Waals surface area (Å²) in [5.74, 6) is 2.38. The van der Waals surface area contributed by atoms with Gasteiger partial charge in [-0.3, -0.25) is 10.4 Å². The number of hydrazone groups is 1. The van der Waals surface area contributed by atoms with E-state index in [4.69, 9.17) is 9.47 Å². The molecule has 0 unspecified atom stereocenters. The largest absolute Gasteiger partial charge is 0.454 e. The standard InChI is InChI=1S/C11H11N3O2S/c1-12-11-14-13-8(5-17-11)7-2-3-9-10(4-7)16-6-15-9/h2-4H,5-6H2,1H3,(H,12,14). The lowest BCUT2D eigenvalue weighted by Gasteiger charge is -2.14.